The third-order valence-corrected chi connectivity index (χ3v) is 4.69. The van der Waals surface area contributed by atoms with Gasteiger partial charge in [0.1, 0.15) is 0 Å². The molecule has 1 fully saturated rings. The van der Waals surface area contributed by atoms with Crippen LogP contribution in [0.1, 0.15) is 51.4 Å². The normalized spacial score (nSPS) is 17.6. The zero-order valence-electron chi connectivity index (χ0n) is 11.4. The number of nitrogens with one attached hydrogen (secondary N) is 1. The maximum Gasteiger partial charge on any atom is 0.303 e. The van der Waals surface area contributed by atoms with Crippen molar-refractivity contribution in [3.05, 3.63) is 11.6 Å². The summed E-state index contributed by atoms with van der Waals surface area (Å²) in [5.74, 6) is -0.831. The Morgan fingerprint density at radius 1 is 1.35 bits per heavy atom. The highest BCUT2D eigenvalue weighted by Crippen LogP contribution is 2.43. The minimum atomic E-state index is -0.757. The van der Waals surface area contributed by atoms with E-state index in [0.717, 1.165) is 25.7 Å². The molecule has 1 saturated carbocycles. The maximum atomic E-state index is 11.9. The number of hydrogen-bond acceptors (Lipinski definition) is 4. The second kappa shape index (κ2) is 6.83. The van der Waals surface area contributed by atoms with Crippen LogP contribution in [-0.4, -0.2) is 22.0 Å². The molecular weight excluding hydrogens is 276 g/mol. The first-order valence-corrected chi connectivity index (χ1v) is 7.89. The number of amides is 1. The van der Waals surface area contributed by atoms with E-state index in [4.69, 9.17) is 5.11 Å². The van der Waals surface area contributed by atoms with E-state index >= 15 is 0 Å². The Morgan fingerprint density at radius 3 is 2.70 bits per heavy atom. The minimum Gasteiger partial charge on any atom is -0.481 e. The molecular formula is C14H20N2O3S. The van der Waals surface area contributed by atoms with E-state index in [1.807, 2.05) is 5.38 Å². The minimum absolute atomic E-state index is 0.0738. The topological polar surface area (TPSA) is 79.3 Å². The van der Waals surface area contributed by atoms with Crippen molar-refractivity contribution >= 4 is 28.3 Å². The fraction of sp³-hybridized carbons (Fsp3) is 0.643. The SMILES string of the molecule is O=C(O)CC1(CCC(=O)Nc2nccs2)CCCCC1. The van der Waals surface area contributed by atoms with Crippen molar-refractivity contribution in [1.29, 1.82) is 0 Å². The van der Waals surface area contributed by atoms with Gasteiger partial charge >= 0.3 is 5.97 Å². The average molecular weight is 296 g/mol. The monoisotopic (exact) mass is 296 g/mol. The molecule has 0 bridgehead atoms. The van der Waals surface area contributed by atoms with Crippen LogP contribution in [0.4, 0.5) is 5.13 Å². The van der Waals surface area contributed by atoms with Crippen LogP contribution in [0.2, 0.25) is 0 Å². The molecule has 1 aliphatic carbocycles. The van der Waals surface area contributed by atoms with Gasteiger partial charge in [-0.25, -0.2) is 4.98 Å². The van der Waals surface area contributed by atoms with Crippen molar-refractivity contribution in [2.75, 3.05) is 5.32 Å². The first-order valence-electron chi connectivity index (χ1n) is 7.01. The summed E-state index contributed by atoms with van der Waals surface area (Å²) in [7, 11) is 0. The van der Waals surface area contributed by atoms with Crippen LogP contribution in [0, 0.1) is 5.41 Å². The number of carbonyl (C=O) groups excluding carboxylic acids is 1. The lowest BCUT2D eigenvalue weighted by Gasteiger charge is -2.36. The predicted molar refractivity (Wildman–Crippen MR) is 77.7 cm³/mol. The Kier molecular flexibility index (Phi) is 5.11. The molecule has 6 heteroatoms. The number of carboxylic acids is 1. The molecule has 5 nitrogen and oxygen atoms in total. The van der Waals surface area contributed by atoms with Gasteiger partial charge in [-0.1, -0.05) is 19.3 Å². The lowest BCUT2D eigenvalue weighted by molar-refractivity contribution is -0.141. The molecule has 0 radical (unpaired) electrons. The number of aliphatic carboxylic acids is 1. The molecule has 1 aromatic rings. The summed E-state index contributed by atoms with van der Waals surface area (Å²) >= 11 is 1.39. The fourth-order valence-corrected chi connectivity index (χ4v) is 3.53. The molecule has 1 aliphatic rings. The van der Waals surface area contributed by atoms with Gasteiger partial charge in [-0.15, -0.1) is 11.3 Å². The summed E-state index contributed by atoms with van der Waals surface area (Å²) in [6, 6.07) is 0. The van der Waals surface area contributed by atoms with Crippen molar-refractivity contribution in [3.63, 3.8) is 0 Å². The molecule has 1 aromatic heterocycles. The average Bonchev–Trinajstić information content (AvgIpc) is 2.90. The number of carbonyl (C=O) groups is 2. The standard InChI is InChI=1S/C14H20N2O3S/c17-11(16-13-15-8-9-20-13)4-7-14(10-12(18)19)5-2-1-3-6-14/h8-9H,1-7,10H2,(H,18,19)(H,15,16,17). The first-order chi connectivity index (χ1) is 9.60. The summed E-state index contributed by atoms with van der Waals surface area (Å²) in [5.41, 5.74) is -0.190. The van der Waals surface area contributed by atoms with Crippen molar-refractivity contribution in [2.45, 2.75) is 51.4 Å². The molecule has 2 rings (SSSR count). The Bertz CT molecular complexity index is 453. The van der Waals surface area contributed by atoms with E-state index in [1.165, 1.54) is 17.8 Å². The quantitative estimate of drug-likeness (QED) is 0.844. The molecule has 0 atom stereocenters. The smallest absolute Gasteiger partial charge is 0.303 e. The van der Waals surface area contributed by atoms with E-state index < -0.39 is 5.97 Å². The van der Waals surface area contributed by atoms with Crippen LogP contribution < -0.4 is 5.32 Å². The third-order valence-electron chi connectivity index (χ3n) is 4.00. The highest BCUT2D eigenvalue weighted by atomic mass is 32.1. The number of rotatable bonds is 6. The van der Waals surface area contributed by atoms with Gasteiger partial charge in [0.15, 0.2) is 5.13 Å². The van der Waals surface area contributed by atoms with Gasteiger partial charge < -0.3 is 10.4 Å². The Balaban J connectivity index is 1.87. The summed E-state index contributed by atoms with van der Waals surface area (Å²) < 4.78 is 0. The largest absolute Gasteiger partial charge is 0.481 e. The van der Waals surface area contributed by atoms with Gasteiger partial charge in [-0.05, 0) is 24.7 Å². The predicted octanol–water partition coefficient (Wildman–Crippen LogP) is 3.29. The van der Waals surface area contributed by atoms with Crippen LogP contribution in [0.3, 0.4) is 0 Å². The van der Waals surface area contributed by atoms with E-state index in [-0.39, 0.29) is 17.7 Å². The molecule has 0 unspecified atom stereocenters. The number of anilines is 1. The van der Waals surface area contributed by atoms with Crippen LogP contribution in [-0.2, 0) is 9.59 Å². The highest BCUT2D eigenvalue weighted by molar-refractivity contribution is 7.13. The van der Waals surface area contributed by atoms with Gasteiger partial charge in [0.25, 0.3) is 0 Å². The maximum absolute atomic E-state index is 11.9. The molecule has 0 aliphatic heterocycles. The Morgan fingerprint density at radius 2 is 2.10 bits per heavy atom. The highest BCUT2D eigenvalue weighted by Gasteiger charge is 2.34. The van der Waals surface area contributed by atoms with Gasteiger partial charge in [-0.2, -0.15) is 0 Å². The number of thiazole rings is 1. The summed E-state index contributed by atoms with van der Waals surface area (Å²) in [6.07, 6.45) is 8.00. The zero-order chi connectivity index (χ0) is 14.4. The number of aromatic nitrogens is 1. The number of hydrogen-bond donors (Lipinski definition) is 2. The lowest BCUT2D eigenvalue weighted by atomic mass is 9.69. The van der Waals surface area contributed by atoms with E-state index in [0.29, 0.717) is 18.0 Å². The zero-order valence-corrected chi connectivity index (χ0v) is 12.2. The first kappa shape index (κ1) is 15.0. The van der Waals surface area contributed by atoms with Crippen molar-refractivity contribution in [2.24, 2.45) is 5.41 Å². The van der Waals surface area contributed by atoms with Crippen molar-refractivity contribution in [3.8, 4) is 0 Å². The van der Waals surface area contributed by atoms with E-state index in [9.17, 15) is 9.59 Å². The van der Waals surface area contributed by atoms with Crippen molar-refractivity contribution in [1.82, 2.24) is 4.98 Å². The van der Waals surface area contributed by atoms with Crippen molar-refractivity contribution < 1.29 is 14.7 Å². The molecule has 2 N–H and O–H groups in total. The molecule has 20 heavy (non-hydrogen) atoms. The molecule has 0 saturated heterocycles. The Labute approximate surface area is 122 Å². The third kappa shape index (κ3) is 4.30. The molecule has 0 spiro atoms. The van der Waals surface area contributed by atoms with Crippen LogP contribution >= 0.6 is 11.3 Å². The van der Waals surface area contributed by atoms with E-state index in [1.54, 1.807) is 6.20 Å². The number of nitrogens with zero attached hydrogens (tertiary/aromatic N) is 1. The van der Waals surface area contributed by atoms with Crippen LogP contribution in [0.5, 0.6) is 0 Å². The van der Waals surface area contributed by atoms with E-state index in [2.05, 4.69) is 10.3 Å². The molecule has 110 valence electrons. The molecule has 1 amide bonds. The van der Waals surface area contributed by atoms with Gasteiger partial charge in [0.2, 0.25) is 5.91 Å². The Hall–Kier alpha value is -1.43. The number of carboxylic acid groups (broad SMARTS) is 1. The summed E-state index contributed by atoms with van der Waals surface area (Å²) in [6.45, 7) is 0. The second-order valence-corrected chi connectivity index (χ2v) is 6.41. The molecule has 0 aromatic carbocycles. The van der Waals surface area contributed by atoms with Gasteiger partial charge in [-0.3, -0.25) is 9.59 Å². The van der Waals surface area contributed by atoms with Crippen LogP contribution in [0.15, 0.2) is 11.6 Å². The molecule has 1 heterocycles. The van der Waals surface area contributed by atoms with Crippen LogP contribution in [0.25, 0.3) is 0 Å². The second-order valence-electron chi connectivity index (χ2n) is 5.52. The summed E-state index contributed by atoms with van der Waals surface area (Å²) in [4.78, 5) is 27.0. The lowest BCUT2D eigenvalue weighted by Crippen LogP contribution is -2.29. The fourth-order valence-electron chi connectivity index (χ4n) is 2.98. The van der Waals surface area contributed by atoms with Gasteiger partial charge in [0, 0.05) is 18.0 Å². The summed E-state index contributed by atoms with van der Waals surface area (Å²) in [5, 5.41) is 14.3. The van der Waals surface area contributed by atoms with Gasteiger partial charge in [0.05, 0.1) is 6.42 Å².